The summed E-state index contributed by atoms with van der Waals surface area (Å²) in [7, 11) is 3.75. The third kappa shape index (κ3) is 7.13. The van der Waals surface area contributed by atoms with Gasteiger partial charge in [-0.05, 0) is 73.5 Å². The lowest BCUT2D eigenvalue weighted by Gasteiger charge is -2.26. The number of anilines is 2. The van der Waals surface area contributed by atoms with Crippen molar-refractivity contribution in [3.05, 3.63) is 63.8 Å². The van der Waals surface area contributed by atoms with Crippen LogP contribution >= 0.6 is 0 Å². The van der Waals surface area contributed by atoms with Crippen LogP contribution in [0.4, 0.5) is 22.4 Å². The van der Waals surface area contributed by atoms with E-state index in [1.165, 1.54) is 42.5 Å². The van der Waals surface area contributed by atoms with Crippen molar-refractivity contribution >= 4 is 29.5 Å². The fourth-order valence-corrected chi connectivity index (χ4v) is 6.50. The Labute approximate surface area is 252 Å². The van der Waals surface area contributed by atoms with Crippen molar-refractivity contribution in [2.24, 2.45) is 5.92 Å². The molecule has 224 valence electrons. The zero-order valence-electron chi connectivity index (χ0n) is 25.0. The van der Waals surface area contributed by atoms with Crippen molar-refractivity contribution in [1.29, 1.82) is 5.41 Å². The minimum absolute atomic E-state index is 0.0724. The molecule has 2 amide bonds. The second-order valence-electron chi connectivity index (χ2n) is 12.3. The number of rotatable bonds is 6. The van der Waals surface area contributed by atoms with Gasteiger partial charge < -0.3 is 20.9 Å². The molecule has 0 spiro atoms. The number of fused-ring (bicyclic) bond motifs is 1. The van der Waals surface area contributed by atoms with Gasteiger partial charge in [-0.15, -0.1) is 0 Å². The van der Waals surface area contributed by atoms with Crippen LogP contribution in [0, 0.1) is 17.4 Å². The largest absolute Gasteiger partial charge is 0.532 e. The number of urea groups is 1. The fourth-order valence-electron chi connectivity index (χ4n) is 6.50. The van der Waals surface area contributed by atoms with Crippen molar-refractivity contribution in [2.75, 3.05) is 19.4 Å². The highest BCUT2D eigenvalue weighted by Gasteiger charge is 2.27. The standard InChI is InChI=1S/C32H40N10O/c1-42(2)30(33)23-10-9-22-16-26(17-24(22)15-23)37-32(43)36-25-11-7-20(8-12-25)19-35-31-34-14-13-28(39-31)38-29-18-27(40-41-29)21-5-3-4-6-21/h9-10,13-15,18,20-21,25-26,33H,3-8,11-12,16-17H2,1-2H3,(H3-,34,36,37,38,39,40,41,43)/p+1. The predicted molar refractivity (Wildman–Crippen MR) is 168 cm³/mol. The zero-order valence-corrected chi connectivity index (χ0v) is 25.0. The second-order valence-corrected chi connectivity index (χ2v) is 12.3. The highest BCUT2D eigenvalue weighted by molar-refractivity contribution is 5.96. The molecule has 2 aromatic heterocycles. The second kappa shape index (κ2) is 12.8. The molecule has 11 nitrogen and oxygen atoms in total. The maximum Gasteiger partial charge on any atom is 0.532 e. The average molecular weight is 582 g/mol. The van der Waals surface area contributed by atoms with Gasteiger partial charge in [-0.3, -0.25) is 10.5 Å². The Morgan fingerprint density at radius 3 is 2.53 bits per heavy atom. The van der Waals surface area contributed by atoms with Gasteiger partial charge in [0.05, 0.1) is 5.92 Å². The zero-order chi connectivity index (χ0) is 29.8. The van der Waals surface area contributed by atoms with E-state index in [0.717, 1.165) is 49.9 Å². The number of carbonyl (C=O) groups is 1. The van der Waals surface area contributed by atoms with Gasteiger partial charge in [0.25, 0.3) is 0 Å². The number of aromatic amines is 1. The van der Waals surface area contributed by atoms with Crippen molar-refractivity contribution in [1.82, 2.24) is 35.7 Å². The maximum absolute atomic E-state index is 12.8. The van der Waals surface area contributed by atoms with Crippen LogP contribution < -0.4 is 16.0 Å². The highest BCUT2D eigenvalue weighted by Crippen LogP contribution is 2.34. The summed E-state index contributed by atoms with van der Waals surface area (Å²) in [6.45, 7) is 0. The number of hydrogen-bond acceptors (Lipinski definition) is 6. The molecule has 2 fully saturated rings. The third-order valence-corrected chi connectivity index (χ3v) is 8.90. The molecular formula is C32H41N10O+. The molecule has 1 atom stereocenters. The molecule has 0 aliphatic heterocycles. The number of carbonyl (C=O) groups excluding carboxylic acids is 1. The number of H-pyrrole nitrogens is 1. The average Bonchev–Trinajstić information content (AvgIpc) is 3.77. The van der Waals surface area contributed by atoms with E-state index in [2.05, 4.69) is 65.2 Å². The summed E-state index contributed by atoms with van der Waals surface area (Å²) >= 11 is 0. The fraction of sp³-hybridized carbons (Fsp3) is 0.500. The van der Waals surface area contributed by atoms with E-state index in [4.69, 9.17) is 5.41 Å². The van der Waals surface area contributed by atoms with E-state index in [1.807, 2.05) is 26.2 Å². The molecule has 0 bridgehead atoms. The molecule has 1 aromatic carbocycles. The molecule has 43 heavy (non-hydrogen) atoms. The highest BCUT2D eigenvalue weighted by atomic mass is 16.2. The minimum atomic E-state index is -0.106. The molecule has 3 aliphatic rings. The summed E-state index contributed by atoms with van der Waals surface area (Å²) < 4.78 is 0. The van der Waals surface area contributed by atoms with E-state index >= 15 is 0 Å². The lowest BCUT2D eigenvalue weighted by atomic mass is 9.87. The number of aromatic nitrogens is 4. The first-order valence-corrected chi connectivity index (χ1v) is 15.5. The van der Waals surface area contributed by atoms with Crippen molar-refractivity contribution in [2.45, 2.75) is 82.2 Å². The third-order valence-electron chi connectivity index (χ3n) is 8.90. The number of hydrogen-bond donors (Lipinski definition) is 5. The van der Waals surface area contributed by atoms with Crippen LogP contribution in [0.3, 0.4) is 0 Å². The summed E-state index contributed by atoms with van der Waals surface area (Å²) in [5, 5.41) is 25.4. The lowest BCUT2D eigenvalue weighted by molar-refractivity contribution is 0.227. The molecule has 5 N–H and O–H groups in total. The van der Waals surface area contributed by atoms with Gasteiger partial charge in [0.2, 0.25) is 5.82 Å². The van der Waals surface area contributed by atoms with Gasteiger partial charge >= 0.3 is 12.0 Å². The molecule has 2 heterocycles. The Balaban J connectivity index is 0.945. The molecule has 1 unspecified atom stereocenters. The Bertz CT molecular complexity index is 1520. The van der Waals surface area contributed by atoms with Crippen LogP contribution in [-0.4, -0.2) is 63.1 Å². The van der Waals surface area contributed by atoms with Crippen LogP contribution in [-0.2, 0) is 12.8 Å². The van der Waals surface area contributed by atoms with Gasteiger partial charge in [0, 0.05) is 55.5 Å². The molecule has 0 saturated heterocycles. The van der Waals surface area contributed by atoms with Gasteiger partial charge in [-0.1, -0.05) is 30.0 Å². The van der Waals surface area contributed by atoms with Gasteiger partial charge in [-0.25, -0.2) is 4.79 Å². The SMILES string of the molecule is CN(C)C(=N)c1ccc2c(c1)CC(NC(=O)NC1CCC(C#[N+]c3nccc(Nc4cc(C5CCCC5)[nH]n4)n3)CC1)C2. The van der Waals surface area contributed by atoms with Crippen LogP contribution in [0.2, 0.25) is 0 Å². The Hall–Kier alpha value is -4.46. The molecule has 3 aromatic rings. The Morgan fingerprint density at radius 1 is 0.977 bits per heavy atom. The molecule has 11 heteroatoms. The molecule has 2 saturated carbocycles. The predicted octanol–water partition coefficient (Wildman–Crippen LogP) is 5.48. The number of amides is 2. The van der Waals surface area contributed by atoms with Gasteiger partial charge in [0.1, 0.15) is 18.1 Å². The number of benzene rings is 1. The number of amidine groups is 1. The summed E-state index contributed by atoms with van der Waals surface area (Å²) in [6, 6.07) is 13.4. The van der Waals surface area contributed by atoms with Crippen molar-refractivity contribution < 1.29 is 4.79 Å². The van der Waals surface area contributed by atoms with Gasteiger partial charge in [-0.2, -0.15) is 9.94 Å². The summed E-state index contributed by atoms with van der Waals surface area (Å²) in [6.07, 6.45) is 11.9. The van der Waals surface area contributed by atoms with Crippen LogP contribution in [0.25, 0.3) is 4.85 Å². The first-order valence-electron chi connectivity index (χ1n) is 15.5. The molecule has 6 rings (SSSR count). The van der Waals surface area contributed by atoms with Crippen LogP contribution in [0.5, 0.6) is 0 Å². The first kappa shape index (κ1) is 28.6. The lowest BCUT2D eigenvalue weighted by Crippen LogP contribution is -2.47. The maximum atomic E-state index is 12.8. The summed E-state index contributed by atoms with van der Waals surface area (Å²) in [5.41, 5.74) is 4.55. The topological polar surface area (TPSA) is 139 Å². The van der Waals surface area contributed by atoms with E-state index in [1.54, 1.807) is 11.1 Å². The molecular weight excluding hydrogens is 540 g/mol. The van der Waals surface area contributed by atoms with Crippen molar-refractivity contribution in [3.63, 3.8) is 0 Å². The van der Waals surface area contributed by atoms with E-state index in [0.29, 0.717) is 23.5 Å². The molecule has 3 aliphatic carbocycles. The minimum Gasteiger partial charge on any atom is -0.363 e. The summed E-state index contributed by atoms with van der Waals surface area (Å²) in [5.74, 6) is 3.05. The van der Waals surface area contributed by atoms with Crippen LogP contribution in [0.15, 0.2) is 36.5 Å². The Kier molecular flexibility index (Phi) is 8.54. The number of nitrogens with one attached hydrogen (secondary N) is 5. The van der Waals surface area contributed by atoms with E-state index < -0.39 is 0 Å². The normalized spacial score (nSPS) is 21.4. The smallest absolute Gasteiger partial charge is 0.363 e. The quantitative estimate of drug-likeness (QED) is 0.193. The number of nitrogens with zero attached hydrogens (tertiary/aromatic N) is 5. The van der Waals surface area contributed by atoms with E-state index in [-0.39, 0.29) is 24.0 Å². The van der Waals surface area contributed by atoms with Crippen LogP contribution in [0.1, 0.15) is 79.7 Å². The monoisotopic (exact) mass is 581 g/mol. The van der Waals surface area contributed by atoms with Gasteiger partial charge in [0.15, 0.2) is 5.82 Å². The Morgan fingerprint density at radius 2 is 1.74 bits per heavy atom. The molecule has 0 radical (unpaired) electrons. The summed E-state index contributed by atoms with van der Waals surface area (Å²) in [4.78, 5) is 27.8. The van der Waals surface area contributed by atoms with E-state index in [9.17, 15) is 4.79 Å². The first-order chi connectivity index (χ1) is 20.9. The van der Waals surface area contributed by atoms with Crippen molar-refractivity contribution in [3.8, 4) is 6.07 Å².